The Bertz CT molecular complexity index is 768. The largest absolute Gasteiger partial charge is 0.456 e. The molecule has 0 saturated carbocycles. The van der Waals surface area contributed by atoms with Crippen LogP contribution in [0.2, 0.25) is 5.02 Å². The highest BCUT2D eigenvalue weighted by atomic mass is 35.5. The number of rotatable bonds is 8. The molecule has 27 heavy (non-hydrogen) atoms. The zero-order valence-electron chi connectivity index (χ0n) is 15.1. The number of thioether (sulfide) groups is 1. The Morgan fingerprint density at radius 3 is 2.37 bits per heavy atom. The van der Waals surface area contributed by atoms with Crippen LogP contribution in [0.3, 0.4) is 0 Å². The minimum Gasteiger partial charge on any atom is -0.456 e. The summed E-state index contributed by atoms with van der Waals surface area (Å²) in [6, 6.07) is 11.4. The van der Waals surface area contributed by atoms with Gasteiger partial charge in [-0.25, -0.2) is 9.18 Å². The van der Waals surface area contributed by atoms with Gasteiger partial charge >= 0.3 is 5.97 Å². The molecule has 1 amide bonds. The Morgan fingerprint density at radius 2 is 1.78 bits per heavy atom. The van der Waals surface area contributed by atoms with Gasteiger partial charge in [0.1, 0.15) is 18.0 Å². The summed E-state index contributed by atoms with van der Waals surface area (Å²) in [7, 11) is 0. The number of carbonyl (C=O) groups excluding carboxylic acids is 2. The van der Waals surface area contributed by atoms with Crippen molar-refractivity contribution >= 4 is 35.2 Å². The molecular formula is C20H21ClFNO3S. The summed E-state index contributed by atoms with van der Waals surface area (Å²) in [6.45, 7) is 1.71. The van der Waals surface area contributed by atoms with E-state index in [1.807, 2.05) is 6.26 Å². The summed E-state index contributed by atoms with van der Waals surface area (Å²) >= 11 is 7.41. The SMILES string of the molecule is CSCC[C@H](NC(=O)c1ccc(Cl)cc1)C(=O)O[C@@H](C)c1ccc(F)cc1. The molecule has 0 aliphatic heterocycles. The summed E-state index contributed by atoms with van der Waals surface area (Å²) in [5.41, 5.74) is 1.09. The average molecular weight is 410 g/mol. The Morgan fingerprint density at radius 1 is 1.15 bits per heavy atom. The Kier molecular flexibility index (Phi) is 8.13. The van der Waals surface area contributed by atoms with Crippen LogP contribution in [0.15, 0.2) is 48.5 Å². The summed E-state index contributed by atoms with van der Waals surface area (Å²) in [4.78, 5) is 25.0. The molecule has 0 saturated heterocycles. The van der Waals surface area contributed by atoms with Crippen LogP contribution in [0.4, 0.5) is 4.39 Å². The first-order valence-electron chi connectivity index (χ1n) is 8.42. The molecule has 1 N–H and O–H groups in total. The molecule has 0 unspecified atom stereocenters. The van der Waals surface area contributed by atoms with E-state index in [9.17, 15) is 14.0 Å². The number of hydrogen-bond donors (Lipinski definition) is 1. The highest BCUT2D eigenvalue weighted by molar-refractivity contribution is 7.98. The number of nitrogens with one attached hydrogen (secondary N) is 1. The van der Waals surface area contributed by atoms with E-state index in [-0.39, 0.29) is 11.7 Å². The normalized spacial score (nSPS) is 12.9. The zero-order chi connectivity index (χ0) is 19.8. The molecule has 144 valence electrons. The van der Waals surface area contributed by atoms with Crippen LogP contribution >= 0.6 is 23.4 Å². The van der Waals surface area contributed by atoms with E-state index >= 15 is 0 Å². The average Bonchev–Trinajstić information content (AvgIpc) is 2.65. The first kappa shape index (κ1) is 21.3. The van der Waals surface area contributed by atoms with E-state index in [0.717, 1.165) is 0 Å². The predicted octanol–water partition coefficient (Wildman–Crippen LogP) is 4.64. The van der Waals surface area contributed by atoms with Crippen LogP contribution in [-0.4, -0.2) is 29.9 Å². The van der Waals surface area contributed by atoms with Crippen molar-refractivity contribution in [3.05, 3.63) is 70.5 Å². The second-order valence-electron chi connectivity index (χ2n) is 5.95. The highest BCUT2D eigenvalue weighted by Gasteiger charge is 2.24. The van der Waals surface area contributed by atoms with Gasteiger partial charge < -0.3 is 10.1 Å². The van der Waals surface area contributed by atoms with Gasteiger partial charge in [0.25, 0.3) is 5.91 Å². The van der Waals surface area contributed by atoms with Gasteiger partial charge in [-0.3, -0.25) is 4.79 Å². The molecular weight excluding hydrogens is 389 g/mol. The minimum atomic E-state index is -0.775. The minimum absolute atomic E-state index is 0.356. The first-order valence-corrected chi connectivity index (χ1v) is 10.2. The summed E-state index contributed by atoms with van der Waals surface area (Å²) in [5, 5.41) is 3.25. The molecule has 0 aliphatic carbocycles. The van der Waals surface area contributed by atoms with E-state index in [1.165, 1.54) is 12.1 Å². The van der Waals surface area contributed by atoms with Crippen LogP contribution in [0, 0.1) is 5.82 Å². The van der Waals surface area contributed by atoms with Crippen molar-refractivity contribution in [3.63, 3.8) is 0 Å². The number of halogens is 2. The van der Waals surface area contributed by atoms with Gasteiger partial charge in [0.2, 0.25) is 0 Å². The van der Waals surface area contributed by atoms with Crippen molar-refractivity contribution in [2.45, 2.75) is 25.5 Å². The Hall–Kier alpha value is -2.05. The fraction of sp³-hybridized carbons (Fsp3) is 0.300. The molecule has 0 aliphatic rings. The van der Waals surface area contributed by atoms with Crippen LogP contribution < -0.4 is 5.32 Å². The van der Waals surface area contributed by atoms with Crippen molar-refractivity contribution in [3.8, 4) is 0 Å². The molecule has 0 fully saturated rings. The molecule has 2 atom stereocenters. The molecule has 0 heterocycles. The number of carbonyl (C=O) groups is 2. The number of ether oxygens (including phenoxy) is 1. The molecule has 2 rings (SSSR count). The number of benzene rings is 2. The van der Waals surface area contributed by atoms with E-state index in [1.54, 1.807) is 55.1 Å². The van der Waals surface area contributed by atoms with Crippen LogP contribution in [0.1, 0.15) is 35.4 Å². The van der Waals surface area contributed by atoms with Crippen molar-refractivity contribution in [2.75, 3.05) is 12.0 Å². The summed E-state index contributed by atoms with van der Waals surface area (Å²) in [5.74, 6) is -0.566. The molecule has 0 aromatic heterocycles. The fourth-order valence-corrected chi connectivity index (χ4v) is 2.98. The van der Waals surface area contributed by atoms with Crippen LogP contribution in [0.25, 0.3) is 0 Å². The van der Waals surface area contributed by atoms with E-state index in [0.29, 0.717) is 28.3 Å². The lowest BCUT2D eigenvalue weighted by Gasteiger charge is -2.21. The highest BCUT2D eigenvalue weighted by Crippen LogP contribution is 2.19. The molecule has 7 heteroatoms. The molecule has 0 spiro atoms. The van der Waals surface area contributed by atoms with Gasteiger partial charge in [0.15, 0.2) is 0 Å². The van der Waals surface area contributed by atoms with Gasteiger partial charge in [-0.05, 0) is 67.3 Å². The maximum Gasteiger partial charge on any atom is 0.329 e. The number of hydrogen-bond acceptors (Lipinski definition) is 4. The Balaban J connectivity index is 2.04. The van der Waals surface area contributed by atoms with Gasteiger partial charge in [-0.1, -0.05) is 23.7 Å². The molecule has 0 radical (unpaired) electrons. The maximum atomic E-state index is 13.0. The zero-order valence-corrected chi connectivity index (χ0v) is 16.6. The van der Waals surface area contributed by atoms with E-state index in [4.69, 9.17) is 16.3 Å². The lowest BCUT2D eigenvalue weighted by molar-refractivity contribution is -0.151. The third-order valence-corrected chi connectivity index (χ3v) is 4.84. The van der Waals surface area contributed by atoms with Crippen molar-refractivity contribution in [1.82, 2.24) is 5.32 Å². The second-order valence-corrected chi connectivity index (χ2v) is 7.37. The van der Waals surface area contributed by atoms with Gasteiger partial charge in [0, 0.05) is 10.6 Å². The van der Waals surface area contributed by atoms with E-state index in [2.05, 4.69) is 5.32 Å². The van der Waals surface area contributed by atoms with E-state index < -0.39 is 18.1 Å². The lowest BCUT2D eigenvalue weighted by Crippen LogP contribution is -2.42. The van der Waals surface area contributed by atoms with Crippen LogP contribution in [-0.2, 0) is 9.53 Å². The molecule has 0 bridgehead atoms. The summed E-state index contributed by atoms with van der Waals surface area (Å²) < 4.78 is 18.5. The Labute approximate surface area is 167 Å². The topological polar surface area (TPSA) is 55.4 Å². The standard InChI is InChI=1S/C20H21ClFNO3S/c1-13(14-5-9-17(22)10-6-14)26-20(25)18(11-12-27-2)23-19(24)15-3-7-16(21)8-4-15/h3-10,13,18H,11-12H2,1-2H3,(H,23,24)/t13-,18-/m0/s1. The third-order valence-electron chi connectivity index (χ3n) is 3.94. The lowest BCUT2D eigenvalue weighted by atomic mass is 10.1. The third kappa shape index (κ3) is 6.56. The second kappa shape index (κ2) is 10.3. The van der Waals surface area contributed by atoms with Gasteiger partial charge in [-0.2, -0.15) is 11.8 Å². The molecule has 4 nitrogen and oxygen atoms in total. The van der Waals surface area contributed by atoms with Gasteiger partial charge in [-0.15, -0.1) is 0 Å². The maximum absolute atomic E-state index is 13.0. The first-order chi connectivity index (χ1) is 12.9. The van der Waals surface area contributed by atoms with Crippen LogP contribution in [0.5, 0.6) is 0 Å². The molecule has 2 aromatic rings. The monoisotopic (exact) mass is 409 g/mol. The fourth-order valence-electron chi connectivity index (χ4n) is 2.39. The van der Waals surface area contributed by atoms with Gasteiger partial charge in [0.05, 0.1) is 0 Å². The van der Waals surface area contributed by atoms with Crippen molar-refractivity contribution in [1.29, 1.82) is 0 Å². The van der Waals surface area contributed by atoms with Crippen molar-refractivity contribution < 1.29 is 18.7 Å². The molecule has 2 aromatic carbocycles. The number of esters is 1. The summed E-state index contributed by atoms with van der Waals surface area (Å²) in [6.07, 6.45) is 1.81. The number of amides is 1. The smallest absolute Gasteiger partial charge is 0.329 e. The predicted molar refractivity (Wildman–Crippen MR) is 107 cm³/mol. The van der Waals surface area contributed by atoms with Crippen molar-refractivity contribution in [2.24, 2.45) is 0 Å². The quantitative estimate of drug-likeness (QED) is 0.645.